The van der Waals surface area contributed by atoms with Crippen LogP contribution in [0, 0.1) is 11.7 Å². The summed E-state index contributed by atoms with van der Waals surface area (Å²) >= 11 is 6.01. The molecule has 5 heteroatoms. The van der Waals surface area contributed by atoms with E-state index < -0.39 is 5.97 Å². The Kier molecular flexibility index (Phi) is 4.42. The normalized spacial score (nSPS) is 24.4. The van der Waals surface area contributed by atoms with Crippen LogP contribution in [0.2, 0.25) is 5.02 Å². The maximum Gasteiger partial charge on any atom is 0.306 e. The molecule has 1 saturated heterocycles. The summed E-state index contributed by atoms with van der Waals surface area (Å²) in [5.74, 6) is -1.34. The predicted molar refractivity (Wildman–Crippen MR) is 71.6 cm³/mol. The topological polar surface area (TPSA) is 40.5 Å². The van der Waals surface area contributed by atoms with Crippen molar-refractivity contribution in [1.29, 1.82) is 0 Å². The van der Waals surface area contributed by atoms with Crippen molar-refractivity contribution in [3.8, 4) is 0 Å². The zero-order chi connectivity index (χ0) is 14.0. The first-order valence-corrected chi connectivity index (χ1v) is 6.76. The number of aliphatic carboxylic acids is 1. The first-order valence-electron chi connectivity index (χ1n) is 6.38. The number of piperidine rings is 1. The van der Waals surface area contributed by atoms with Crippen LogP contribution in [-0.2, 0) is 11.3 Å². The standard InChI is InChI=1S/C14H17ClFNO2/c1-9-7-10(14(18)19)5-6-17(9)8-11-12(15)3-2-4-13(11)16/h2-4,9-10H,5-8H2,1H3,(H,18,19). The minimum atomic E-state index is -0.740. The fourth-order valence-electron chi connectivity index (χ4n) is 2.57. The van der Waals surface area contributed by atoms with Gasteiger partial charge >= 0.3 is 5.97 Å². The van der Waals surface area contributed by atoms with E-state index in [0.29, 0.717) is 36.5 Å². The molecular formula is C14H17ClFNO2. The van der Waals surface area contributed by atoms with Crippen LogP contribution < -0.4 is 0 Å². The van der Waals surface area contributed by atoms with Gasteiger partial charge in [0.05, 0.1) is 5.92 Å². The summed E-state index contributed by atoms with van der Waals surface area (Å²) < 4.78 is 13.7. The summed E-state index contributed by atoms with van der Waals surface area (Å²) in [6.45, 7) is 3.06. The fourth-order valence-corrected chi connectivity index (χ4v) is 2.79. The Morgan fingerprint density at radius 1 is 1.58 bits per heavy atom. The molecule has 0 bridgehead atoms. The number of hydrogen-bond donors (Lipinski definition) is 1. The van der Waals surface area contributed by atoms with Gasteiger partial charge in [0.25, 0.3) is 0 Å². The Morgan fingerprint density at radius 3 is 2.89 bits per heavy atom. The lowest BCUT2D eigenvalue weighted by atomic mass is 9.91. The van der Waals surface area contributed by atoms with E-state index >= 15 is 0 Å². The Hall–Kier alpha value is -1.13. The second-order valence-electron chi connectivity index (χ2n) is 5.08. The number of carboxylic acid groups (broad SMARTS) is 1. The molecule has 1 fully saturated rings. The average Bonchev–Trinajstić information content (AvgIpc) is 2.35. The van der Waals surface area contributed by atoms with Crippen molar-refractivity contribution in [2.75, 3.05) is 6.54 Å². The van der Waals surface area contributed by atoms with Crippen LogP contribution in [0.3, 0.4) is 0 Å². The number of carboxylic acids is 1. The van der Waals surface area contributed by atoms with Crippen LogP contribution in [0.1, 0.15) is 25.3 Å². The molecule has 0 aromatic heterocycles. The van der Waals surface area contributed by atoms with Gasteiger partial charge in [-0.15, -0.1) is 0 Å². The third kappa shape index (κ3) is 3.25. The molecule has 1 aromatic rings. The van der Waals surface area contributed by atoms with Gasteiger partial charge in [0.1, 0.15) is 5.82 Å². The van der Waals surface area contributed by atoms with Gasteiger partial charge in [0.2, 0.25) is 0 Å². The highest BCUT2D eigenvalue weighted by atomic mass is 35.5. The average molecular weight is 286 g/mol. The van der Waals surface area contributed by atoms with Crippen molar-refractivity contribution < 1.29 is 14.3 Å². The minimum Gasteiger partial charge on any atom is -0.481 e. The predicted octanol–water partition coefficient (Wildman–Crippen LogP) is 3.16. The van der Waals surface area contributed by atoms with Crippen LogP contribution >= 0.6 is 11.6 Å². The first-order chi connectivity index (χ1) is 8.99. The van der Waals surface area contributed by atoms with E-state index in [1.165, 1.54) is 6.07 Å². The summed E-state index contributed by atoms with van der Waals surface area (Å²) in [5.41, 5.74) is 0.491. The summed E-state index contributed by atoms with van der Waals surface area (Å²) in [5, 5.41) is 9.44. The summed E-state index contributed by atoms with van der Waals surface area (Å²) in [6, 6.07) is 4.77. The lowest BCUT2D eigenvalue weighted by Gasteiger charge is -2.36. The summed E-state index contributed by atoms with van der Waals surface area (Å²) in [7, 11) is 0. The van der Waals surface area contributed by atoms with E-state index in [0.717, 1.165) is 0 Å². The van der Waals surface area contributed by atoms with Crippen molar-refractivity contribution >= 4 is 17.6 Å². The molecule has 0 saturated carbocycles. The van der Waals surface area contributed by atoms with E-state index in [2.05, 4.69) is 4.90 Å². The van der Waals surface area contributed by atoms with E-state index in [9.17, 15) is 9.18 Å². The van der Waals surface area contributed by atoms with Gasteiger partial charge in [-0.3, -0.25) is 9.69 Å². The monoisotopic (exact) mass is 285 g/mol. The van der Waals surface area contributed by atoms with Crippen LogP contribution in [0.15, 0.2) is 18.2 Å². The molecule has 2 unspecified atom stereocenters. The molecule has 104 valence electrons. The maximum atomic E-state index is 13.7. The smallest absolute Gasteiger partial charge is 0.306 e. The number of hydrogen-bond acceptors (Lipinski definition) is 2. The number of benzene rings is 1. The molecule has 2 rings (SSSR count). The van der Waals surface area contributed by atoms with Gasteiger partial charge in [-0.25, -0.2) is 4.39 Å². The molecule has 1 heterocycles. The molecule has 3 nitrogen and oxygen atoms in total. The lowest BCUT2D eigenvalue weighted by molar-refractivity contribution is -0.144. The second kappa shape index (κ2) is 5.88. The van der Waals surface area contributed by atoms with Gasteiger partial charge in [-0.05, 0) is 38.4 Å². The third-order valence-corrected chi connectivity index (χ3v) is 4.14. The van der Waals surface area contributed by atoms with Crippen LogP contribution in [0.5, 0.6) is 0 Å². The van der Waals surface area contributed by atoms with E-state index in [-0.39, 0.29) is 17.8 Å². The molecule has 1 aliphatic heterocycles. The minimum absolute atomic E-state index is 0.116. The molecule has 19 heavy (non-hydrogen) atoms. The second-order valence-corrected chi connectivity index (χ2v) is 5.49. The molecular weight excluding hydrogens is 269 g/mol. The molecule has 1 aromatic carbocycles. The van der Waals surface area contributed by atoms with Gasteiger partial charge in [-0.2, -0.15) is 0 Å². The van der Waals surface area contributed by atoms with Gasteiger partial charge in [-0.1, -0.05) is 17.7 Å². The maximum absolute atomic E-state index is 13.7. The summed E-state index contributed by atoms with van der Waals surface area (Å²) in [6.07, 6.45) is 1.20. The lowest BCUT2D eigenvalue weighted by Crippen LogP contribution is -2.42. The molecule has 1 N–H and O–H groups in total. The fraction of sp³-hybridized carbons (Fsp3) is 0.500. The van der Waals surface area contributed by atoms with Crippen molar-refractivity contribution in [2.24, 2.45) is 5.92 Å². The number of nitrogens with zero attached hydrogens (tertiary/aromatic N) is 1. The molecule has 0 amide bonds. The number of halogens is 2. The largest absolute Gasteiger partial charge is 0.481 e. The van der Waals surface area contributed by atoms with Gasteiger partial charge in [0.15, 0.2) is 0 Å². The van der Waals surface area contributed by atoms with Crippen molar-refractivity contribution in [3.63, 3.8) is 0 Å². The Labute approximate surface area is 117 Å². The molecule has 2 atom stereocenters. The van der Waals surface area contributed by atoms with Gasteiger partial charge in [0, 0.05) is 23.2 Å². The molecule has 0 spiro atoms. The van der Waals surface area contributed by atoms with Crippen LogP contribution in [0.25, 0.3) is 0 Å². The number of likely N-dealkylation sites (tertiary alicyclic amines) is 1. The first kappa shape index (κ1) is 14.3. The zero-order valence-electron chi connectivity index (χ0n) is 10.8. The Morgan fingerprint density at radius 2 is 2.32 bits per heavy atom. The molecule has 0 radical (unpaired) electrons. The van der Waals surface area contributed by atoms with Crippen LogP contribution in [-0.4, -0.2) is 28.6 Å². The highest BCUT2D eigenvalue weighted by Gasteiger charge is 2.30. The number of carbonyl (C=O) groups is 1. The highest BCUT2D eigenvalue weighted by molar-refractivity contribution is 6.31. The van der Waals surface area contributed by atoms with Crippen molar-refractivity contribution in [3.05, 3.63) is 34.6 Å². The number of rotatable bonds is 3. The van der Waals surface area contributed by atoms with E-state index in [1.54, 1.807) is 12.1 Å². The molecule has 1 aliphatic rings. The zero-order valence-corrected chi connectivity index (χ0v) is 11.5. The highest BCUT2D eigenvalue weighted by Crippen LogP contribution is 2.27. The van der Waals surface area contributed by atoms with Crippen molar-refractivity contribution in [1.82, 2.24) is 4.90 Å². The quantitative estimate of drug-likeness (QED) is 0.927. The molecule has 0 aliphatic carbocycles. The summed E-state index contributed by atoms with van der Waals surface area (Å²) in [4.78, 5) is 13.1. The van der Waals surface area contributed by atoms with E-state index in [4.69, 9.17) is 16.7 Å². The van der Waals surface area contributed by atoms with E-state index in [1.807, 2.05) is 6.92 Å². The van der Waals surface area contributed by atoms with Gasteiger partial charge < -0.3 is 5.11 Å². The SMILES string of the molecule is CC1CC(C(=O)O)CCN1Cc1c(F)cccc1Cl. The Bertz CT molecular complexity index is 460. The van der Waals surface area contributed by atoms with Crippen LogP contribution in [0.4, 0.5) is 4.39 Å². The third-order valence-electron chi connectivity index (χ3n) is 3.79. The van der Waals surface area contributed by atoms with Crippen molar-refractivity contribution in [2.45, 2.75) is 32.4 Å². The Balaban J connectivity index is 2.06.